The van der Waals surface area contributed by atoms with E-state index in [-0.39, 0.29) is 5.56 Å². The normalized spacial score (nSPS) is 10.9. The molecule has 0 aliphatic rings. The molecule has 19 heavy (non-hydrogen) atoms. The highest BCUT2D eigenvalue weighted by Crippen LogP contribution is 2.04. The highest BCUT2D eigenvalue weighted by atomic mass is 16.1. The predicted molar refractivity (Wildman–Crippen MR) is 76.7 cm³/mol. The van der Waals surface area contributed by atoms with E-state index >= 15 is 0 Å². The van der Waals surface area contributed by atoms with E-state index in [1.165, 1.54) is 0 Å². The molecule has 5 nitrogen and oxygen atoms in total. The van der Waals surface area contributed by atoms with Crippen LogP contribution in [-0.4, -0.2) is 16.2 Å². The molecule has 0 saturated heterocycles. The summed E-state index contributed by atoms with van der Waals surface area (Å²) < 4.78 is 0. The standard InChI is InChI=1S/C14H16N4O/c1-9-6-4-5-7-12(9)8-15-18-14-16-11(3)10(2)13(19)17-14/h4-8H,1-3H3,(H2,16,17,18,19)/b15-8-. The van der Waals surface area contributed by atoms with Gasteiger partial charge in [-0.25, -0.2) is 10.4 Å². The smallest absolute Gasteiger partial charge is 0.255 e. The lowest BCUT2D eigenvalue weighted by atomic mass is 10.1. The van der Waals surface area contributed by atoms with Crippen molar-refractivity contribution in [1.82, 2.24) is 9.97 Å². The van der Waals surface area contributed by atoms with E-state index in [0.29, 0.717) is 17.2 Å². The second-order valence-electron chi connectivity index (χ2n) is 4.35. The van der Waals surface area contributed by atoms with Crippen molar-refractivity contribution in [3.63, 3.8) is 0 Å². The highest BCUT2D eigenvalue weighted by molar-refractivity contribution is 5.81. The van der Waals surface area contributed by atoms with Crippen molar-refractivity contribution in [2.45, 2.75) is 20.8 Å². The fourth-order valence-corrected chi connectivity index (χ4v) is 1.59. The number of aromatic nitrogens is 2. The van der Waals surface area contributed by atoms with Gasteiger partial charge in [0, 0.05) is 11.3 Å². The minimum absolute atomic E-state index is 0.152. The van der Waals surface area contributed by atoms with E-state index in [1.807, 2.05) is 31.2 Å². The molecular weight excluding hydrogens is 240 g/mol. The monoisotopic (exact) mass is 256 g/mol. The average molecular weight is 256 g/mol. The van der Waals surface area contributed by atoms with Crippen LogP contribution in [0.4, 0.5) is 5.95 Å². The van der Waals surface area contributed by atoms with Gasteiger partial charge in [0.1, 0.15) is 0 Å². The first-order valence-electron chi connectivity index (χ1n) is 6.00. The Morgan fingerprint density at radius 1 is 1.26 bits per heavy atom. The van der Waals surface area contributed by atoms with Crippen molar-refractivity contribution in [3.8, 4) is 0 Å². The van der Waals surface area contributed by atoms with Crippen molar-refractivity contribution < 1.29 is 0 Å². The summed E-state index contributed by atoms with van der Waals surface area (Å²) >= 11 is 0. The zero-order chi connectivity index (χ0) is 13.8. The maximum Gasteiger partial charge on any atom is 0.255 e. The molecule has 0 fully saturated rings. The number of aryl methyl sites for hydroxylation is 2. The Morgan fingerprint density at radius 3 is 2.68 bits per heavy atom. The molecule has 0 aliphatic carbocycles. The van der Waals surface area contributed by atoms with Crippen LogP contribution in [0.15, 0.2) is 34.2 Å². The van der Waals surface area contributed by atoms with Crippen molar-refractivity contribution >= 4 is 12.2 Å². The molecule has 5 heteroatoms. The summed E-state index contributed by atoms with van der Waals surface area (Å²) in [7, 11) is 0. The van der Waals surface area contributed by atoms with E-state index in [4.69, 9.17) is 0 Å². The maximum absolute atomic E-state index is 11.6. The molecule has 0 amide bonds. The second kappa shape index (κ2) is 5.48. The quantitative estimate of drug-likeness (QED) is 0.653. The van der Waals surface area contributed by atoms with Crippen molar-refractivity contribution in [1.29, 1.82) is 0 Å². The summed E-state index contributed by atoms with van der Waals surface area (Å²) in [5, 5.41) is 4.08. The molecule has 0 saturated carbocycles. The van der Waals surface area contributed by atoms with Gasteiger partial charge < -0.3 is 0 Å². The fourth-order valence-electron chi connectivity index (χ4n) is 1.59. The topological polar surface area (TPSA) is 70.1 Å². The van der Waals surface area contributed by atoms with Crippen LogP contribution in [-0.2, 0) is 0 Å². The number of rotatable bonds is 3. The van der Waals surface area contributed by atoms with Crippen LogP contribution in [0.1, 0.15) is 22.4 Å². The molecule has 0 atom stereocenters. The average Bonchev–Trinajstić information content (AvgIpc) is 2.38. The Hall–Kier alpha value is -2.43. The highest BCUT2D eigenvalue weighted by Gasteiger charge is 2.02. The predicted octanol–water partition coefficient (Wildman–Crippen LogP) is 2.14. The van der Waals surface area contributed by atoms with Gasteiger partial charge in [-0.05, 0) is 31.9 Å². The van der Waals surface area contributed by atoms with Crippen LogP contribution in [0, 0.1) is 20.8 Å². The summed E-state index contributed by atoms with van der Waals surface area (Å²) in [4.78, 5) is 18.4. The van der Waals surface area contributed by atoms with Crippen LogP contribution in [0.3, 0.4) is 0 Å². The lowest BCUT2D eigenvalue weighted by Gasteiger charge is -2.03. The zero-order valence-electron chi connectivity index (χ0n) is 11.2. The number of nitrogens with zero attached hydrogens (tertiary/aromatic N) is 2. The second-order valence-corrected chi connectivity index (χ2v) is 4.35. The van der Waals surface area contributed by atoms with Crippen molar-refractivity contribution in [3.05, 3.63) is 57.0 Å². The molecule has 0 spiro atoms. The van der Waals surface area contributed by atoms with Gasteiger partial charge in [0.25, 0.3) is 5.56 Å². The Balaban J connectivity index is 2.15. The van der Waals surface area contributed by atoms with E-state index in [1.54, 1.807) is 20.1 Å². The molecule has 98 valence electrons. The summed E-state index contributed by atoms with van der Waals surface area (Å²) in [6.07, 6.45) is 1.70. The first-order chi connectivity index (χ1) is 9.08. The van der Waals surface area contributed by atoms with Gasteiger partial charge in [-0.2, -0.15) is 5.10 Å². The van der Waals surface area contributed by atoms with Gasteiger partial charge in [-0.3, -0.25) is 9.78 Å². The van der Waals surface area contributed by atoms with E-state index in [9.17, 15) is 4.79 Å². The number of hydrogen-bond donors (Lipinski definition) is 2. The van der Waals surface area contributed by atoms with Gasteiger partial charge in [0.15, 0.2) is 0 Å². The molecule has 1 aromatic carbocycles. The van der Waals surface area contributed by atoms with Crippen molar-refractivity contribution in [2.75, 3.05) is 5.43 Å². The largest absolute Gasteiger partial charge is 0.291 e. The van der Waals surface area contributed by atoms with Gasteiger partial charge in [0.2, 0.25) is 5.95 Å². The van der Waals surface area contributed by atoms with E-state index in [2.05, 4.69) is 20.5 Å². The Morgan fingerprint density at radius 2 is 2.00 bits per heavy atom. The Labute approximate surface area is 111 Å². The van der Waals surface area contributed by atoms with Crippen LogP contribution < -0.4 is 11.0 Å². The molecule has 2 rings (SSSR count). The molecule has 2 N–H and O–H groups in total. The summed E-state index contributed by atoms with van der Waals surface area (Å²) in [6.45, 7) is 5.54. The third kappa shape index (κ3) is 3.07. The fraction of sp³-hybridized carbons (Fsp3) is 0.214. The van der Waals surface area contributed by atoms with Gasteiger partial charge in [-0.15, -0.1) is 0 Å². The summed E-state index contributed by atoms with van der Waals surface area (Å²) in [6, 6.07) is 7.90. The summed E-state index contributed by atoms with van der Waals surface area (Å²) in [5.74, 6) is 0.345. The lowest BCUT2D eigenvalue weighted by Crippen LogP contribution is -2.15. The molecule has 1 heterocycles. The molecule has 0 bridgehead atoms. The molecule has 0 aliphatic heterocycles. The number of benzene rings is 1. The Bertz CT molecular complexity index is 673. The number of anilines is 1. The third-order valence-corrected chi connectivity index (χ3v) is 2.96. The van der Waals surface area contributed by atoms with Crippen LogP contribution in [0.25, 0.3) is 0 Å². The van der Waals surface area contributed by atoms with E-state index < -0.39 is 0 Å². The van der Waals surface area contributed by atoms with Crippen LogP contribution in [0.5, 0.6) is 0 Å². The maximum atomic E-state index is 11.6. The number of aromatic amines is 1. The number of hydrogen-bond acceptors (Lipinski definition) is 4. The number of H-pyrrole nitrogens is 1. The van der Waals surface area contributed by atoms with Crippen molar-refractivity contribution in [2.24, 2.45) is 5.10 Å². The minimum atomic E-state index is -0.152. The molecule has 2 aromatic rings. The zero-order valence-corrected chi connectivity index (χ0v) is 11.2. The molecular formula is C14H16N4O. The summed E-state index contributed by atoms with van der Waals surface area (Å²) in [5.41, 5.74) is 6.04. The number of nitrogens with one attached hydrogen (secondary N) is 2. The minimum Gasteiger partial charge on any atom is -0.291 e. The Kier molecular flexibility index (Phi) is 3.75. The molecule has 0 radical (unpaired) electrons. The van der Waals surface area contributed by atoms with Crippen LogP contribution >= 0.6 is 0 Å². The van der Waals surface area contributed by atoms with Gasteiger partial charge >= 0.3 is 0 Å². The third-order valence-electron chi connectivity index (χ3n) is 2.96. The molecule has 1 aromatic heterocycles. The first-order valence-corrected chi connectivity index (χ1v) is 6.00. The van der Waals surface area contributed by atoms with Crippen LogP contribution in [0.2, 0.25) is 0 Å². The first kappa shape index (κ1) is 13.0. The van der Waals surface area contributed by atoms with E-state index in [0.717, 1.165) is 11.1 Å². The van der Waals surface area contributed by atoms with Gasteiger partial charge in [0.05, 0.1) is 6.21 Å². The molecule has 0 unspecified atom stereocenters. The lowest BCUT2D eigenvalue weighted by molar-refractivity contribution is 1.01. The number of hydrazone groups is 1. The SMILES string of the molecule is Cc1ccccc1/C=N\Nc1nc(C)c(C)c(=O)[nH]1. The van der Waals surface area contributed by atoms with Gasteiger partial charge in [-0.1, -0.05) is 24.3 Å².